The molecule has 0 atom stereocenters. The first kappa shape index (κ1) is 13.6. The SMILES string of the molecule is O=C(Nc1ccc(Br)c2ccccc12)c1c[nH]ccc1=O. The van der Waals surface area contributed by atoms with E-state index >= 15 is 0 Å². The third-order valence-corrected chi connectivity index (χ3v) is 3.88. The van der Waals surface area contributed by atoms with E-state index in [9.17, 15) is 9.59 Å². The monoisotopic (exact) mass is 342 g/mol. The van der Waals surface area contributed by atoms with E-state index in [0.717, 1.165) is 15.2 Å². The van der Waals surface area contributed by atoms with Gasteiger partial charge >= 0.3 is 0 Å². The number of anilines is 1. The van der Waals surface area contributed by atoms with Crippen molar-refractivity contribution < 1.29 is 4.79 Å². The van der Waals surface area contributed by atoms with E-state index in [-0.39, 0.29) is 11.0 Å². The number of hydrogen-bond donors (Lipinski definition) is 2. The predicted molar refractivity (Wildman–Crippen MR) is 86.7 cm³/mol. The first-order valence-corrected chi connectivity index (χ1v) is 7.12. The van der Waals surface area contributed by atoms with Gasteiger partial charge in [-0.25, -0.2) is 0 Å². The van der Waals surface area contributed by atoms with Crippen molar-refractivity contribution in [2.75, 3.05) is 5.32 Å². The van der Waals surface area contributed by atoms with Crippen LogP contribution < -0.4 is 10.7 Å². The van der Waals surface area contributed by atoms with Crippen LogP contribution in [0.3, 0.4) is 0 Å². The molecule has 0 saturated carbocycles. The number of rotatable bonds is 2. The zero-order chi connectivity index (χ0) is 14.8. The molecule has 2 N–H and O–H groups in total. The maximum atomic E-state index is 12.2. The Kier molecular flexibility index (Phi) is 3.58. The van der Waals surface area contributed by atoms with Gasteiger partial charge in [0.15, 0.2) is 5.43 Å². The Labute approximate surface area is 128 Å². The highest BCUT2D eigenvalue weighted by Crippen LogP contribution is 2.30. The number of hydrogen-bond acceptors (Lipinski definition) is 2. The summed E-state index contributed by atoms with van der Waals surface area (Å²) >= 11 is 3.49. The Bertz CT molecular complexity index is 887. The summed E-state index contributed by atoms with van der Waals surface area (Å²) in [5, 5.41) is 4.70. The molecule has 3 aromatic rings. The fourth-order valence-corrected chi connectivity index (χ4v) is 2.63. The number of aromatic nitrogens is 1. The van der Waals surface area contributed by atoms with Gasteiger partial charge in [0.05, 0.1) is 0 Å². The predicted octanol–water partition coefficient (Wildman–Crippen LogP) is 3.54. The molecule has 4 nitrogen and oxygen atoms in total. The number of amides is 1. The zero-order valence-electron chi connectivity index (χ0n) is 10.9. The highest BCUT2D eigenvalue weighted by Gasteiger charge is 2.12. The fraction of sp³-hybridized carbons (Fsp3) is 0. The molecule has 1 aromatic heterocycles. The van der Waals surface area contributed by atoms with E-state index in [0.29, 0.717) is 5.69 Å². The second kappa shape index (κ2) is 5.54. The van der Waals surface area contributed by atoms with Gasteiger partial charge < -0.3 is 10.3 Å². The number of halogens is 1. The van der Waals surface area contributed by atoms with Crippen molar-refractivity contribution in [3.05, 3.63) is 75.1 Å². The van der Waals surface area contributed by atoms with E-state index in [4.69, 9.17) is 0 Å². The van der Waals surface area contributed by atoms with Crippen LogP contribution in [-0.4, -0.2) is 10.9 Å². The molecule has 1 heterocycles. The lowest BCUT2D eigenvalue weighted by Gasteiger charge is -2.09. The Morgan fingerprint density at radius 3 is 2.57 bits per heavy atom. The quantitative estimate of drug-likeness (QED) is 0.748. The van der Waals surface area contributed by atoms with Crippen LogP contribution in [0.2, 0.25) is 0 Å². The van der Waals surface area contributed by atoms with Gasteiger partial charge in [-0.15, -0.1) is 0 Å². The second-order valence-electron chi connectivity index (χ2n) is 4.52. The molecule has 2 aromatic carbocycles. The molecule has 0 unspecified atom stereocenters. The third-order valence-electron chi connectivity index (χ3n) is 3.19. The molecule has 0 spiro atoms. The molecule has 0 saturated heterocycles. The minimum Gasteiger partial charge on any atom is -0.367 e. The van der Waals surface area contributed by atoms with Crippen LogP contribution in [0.1, 0.15) is 10.4 Å². The average molecular weight is 343 g/mol. The van der Waals surface area contributed by atoms with Gasteiger partial charge in [-0.3, -0.25) is 9.59 Å². The van der Waals surface area contributed by atoms with Crippen LogP contribution in [0, 0.1) is 0 Å². The standard InChI is InChI=1S/C16H11BrN2O2/c17-13-5-6-14(11-4-2-1-3-10(11)13)19-16(21)12-9-18-8-7-15(12)20/h1-9H,(H,18,20)(H,19,21). The van der Waals surface area contributed by atoms with Gasteiger partial charge in [0, 0.05) is 34.0 Å². The molecule has 0 fully saturated rings. The van der Waals surface area contributed by atoms with Crippen molar-refractivity contribution in [2.24, 2.45) is 0 Å². The van der Waals surface area contributed by atoms with Crippen LogP contribution in [0.15, 0.2) is 64.1 Å². The normalized spacial score (nSPS) is 10.5. The molecule has 21 heavy (non-hydrogen) atoms. The van der Waals surface area contributed by atoms with Crippen molar-refractivity contribution in [1.29, 1.82) is 0 Å². The summed E-state index contributed by atoms with van der Waals surface area (Å²) in [7, 11) is 0. The maximum Gasteiger partial charge on any atom is 0.261 e. The number of carbonyl (C=O) groups is 1. The summed E-state index contributed by atoms with van der Waals surface area (Å²) in [6.45, 7) is 0. The lowest BCUT2D eigenvalue weighted by Crippen LogP contribution is -2.20. The molecule has 0 aliphatic rings. The minimum atomic E-state index is -0.427. The Balaban J connectivity index is 2.03. The zero-order valence-corrected chi connectivity index (χ0v) is 12.5. The fourth-order valence-electron chi connectivity index (χ4n) is 2.15. The Hall–Kier alpha value is -2.40. The lowest BCUT2D eigenvalue weighted by molar-refractivity contribution is 0.102. The van der Waals surface area contributed by atoms with Gasteiger partial charge in [-0.2, -0.15) is 0 Å². The number of H-pyrrole nitrogens is 1. The molecular weight excluding hydrogens is 332 g/mol. The molecule has 104 valence electrons. The molecule has 1 amide bonds. The molecule has 0 aliphatic carbocycles. The van der Waals surface area contributed by atoms with E-state index in [1.807, 2.05) is 30.3 Å². The first-order chi connectivity index (χ1) is 10.2. The summed E-state index contributed by atoms with van der Waals surface area (Å²) in [5.74, 6) is -0.427. The number of pyridine rings is 1. The summed E-state index contributed by atoms with van der Waals surface area (Å²) < 4.78 is 0.952. The van der Waals surface area contributed by atoms with Crippen LogP contribution >= 0.6 is 15.9 Å². The topological polar surface area (TPSA) is 62.0 Å². The van der Waals surface area contributed by atoms with E-state index in [1.54, 1.807) is 6.07 Å². The van der Waals surface area contributed by atoms with Gasteiger partial charge in [-0.05, 0) is 17.5 Å². The highest BCUT2D eigenvalue weighted by molar-refractivity contribution is 9.10. The smallest absolute Gasteiger partial charge is 0.261 e. The lowest BCUT2D eigenvalue weighted by atomic mass is 10.1. The van der Waals surface area contributed by atoms with Crippen molar-refractivity contribution in [1.82, 2.24) is 4.98 Å². The summed E-state index contributed by atoms with van der Waals surface area (Å²) in [6, 6.07) is 12.7. The first-order valence-electron chi connectivity index (χ1n) is 6.32. The van der Waals surface area contributed by atoms with Crippen molar-refractivity contribution >= 4 is 38.3 Å². The summed E-state index contributed by atoms with van der Waals surface area (Å²) in [4.78, 5) is 26.6. The number of aromatic amines is 1. The van der Waals surface area contributed by atoms with Gasteiger partial charge in [0.2, 0.25) is 0 Å². The molecular formula is C16H11BrN2O2. The molecule has 0 aliphatic heterocycles. The van der Waals surface area contributed by atoms with Crippen molar-refractivity contribution in [3.8, 4) is 0 Å². The maximum absolute atomic E-state index is 12.2. The molecule has 5 heteroatoms. The second-order valence-corrected chi connectivity index (χ2v) is 5.37. The molecule has 0 bridgehead atoms. The van der Waals surface area contributed by atoms with Crippen LogP contribution in [0.5, 0.6) is 0 Å². The Morgan fingerprint density at radius 1 is 1.05 bits per heavy atom. The molecule has 0 radical (unpaired) electrons. The van der Waals surface area contributed by atoms with Crippen LogP contribution in [0.25, 0.3) is 10.8 Å². The van der Waals surface area contributed by atoms with Crippen LogP contribution in [-0.2, 0) is 0 Å². The number of carbonyl (C=O) groups excluding carboxylic acids is 1. The summed E-state index contributed by atoms with van der Waals surface area (Å²) in [6.07, 6.45) is 2.90. The minimum absolute atomic E-state index is 0.0875. The largest absolute Gasteiger partial charge is 0.367 e. The van der Waals surface area contributed by atoms with Crippen molar-refractivity contribution in [2.45, 2.75) is 0 Å². The summed E-state index contributed by atoms with van der Waals surface area (Å²) in [5.41, 5.74) is 0.444. The van der Waals surface area contributed by atoms with Gasteiger partial charge in [-0.1, -0.05) is 40.2 Å². The number of fused-ring (bicyclic) bond motifs is 1. The van der Waals surface area contributed by atoms with Gasteiger partial charge in [0.25, 0.3) is 5.91 Å². The highest BCUT2D eigenvalue weighted by atomic mass is 79.9. The van der Waals surface area contributed by atoms with Gasteiger partial charge in [0.1, 0.15) is 5.56 Å². The number of benzene rings is 2. The van der Waals surface area contributed by atoms with E-state index in [1.165, 1.54) is 18.5 Å². The third kappa shape index (κ3) is 2.60. The van der Waals surface area contributed by atoms with E-state index < -0.39 is 5.91 Å². The number of nitrogens with one attached hydrogen (secondary N) is 2. The van der Waals surface area contributed by atoms with E-state index in [2.05, 4.69) is 26.2 Å². The molecule has 3 rings (SSSR count). The van der Waals surface area contributed by atoms with Crippen molar-refractivity contribution in [3.63, 3.8) is 0 Å². The van der Waals surface area contributed by atoms with Crippen LogP contribution in [0.4, 0.5) is 5.69 Å². The Morgan fingerprint density at radius 2 is 1.81 bits per heavy atom. The average Bonchev–Trinajstić information content (AvgIpc) is 2.51.